The van der Waals surface area contributed by atoms with Gasteiger partial charge in [-0.25, -0.2) is 9.59 Å². The van der Waals surface area contributed by atoms with E-state index >= 15 is 0 Å². The standard InChI is InChI=1S/C18H22N2O5/c1-10(2)25-9-20-11(3)14(17(21)22)16(13-7-5-6-8-19-13)15(12(20)4)18(23)24/h5-8,10,16H,9H2,1-4H3,(H,21,22)(H,23,24). The van der Waals surface area contributed by atoms with Crippen molar-refractivity contribution in [3.05, 3.63) is 52.6 Å². The predicted octanol–water partition coefficient (Wildman–Crippen LogP) is 2.58. The number of hydrogen-bond donors (Lipinski definition) is 2. The van der Waals surface area contributed by atoms with E-state index < -0.39 is 17.9 Å². The van der Waals surface area contributed by atoms with E-state index in [0.717, 1.165) is 0 Å². The first kappa shape index (κ1) is 18.7. The van der Waals surface area contributed by atoms with Crippen molar-refractivity contribution in [1.82, 2.24) is 9.88 Å². The Morgan fingerprint density at radius 3 is 2.12 bits per heavy atom. The summed E-state index contributed by atoms with van der Waals surface area (Å²) in [5.74, 6) is -3.28. The molecule has 1 aromatic heterocycles. The molecule has 0 aliphatic carbocycles. The van der Waals surface area contributed by atoms with Gasteiger partial charge < -0.3 is 19.8 Å². The Balaban J connectivity index is 2.65. The van der Waals surface area contributed by atoms with Crippen molar-refractivity contribution in [2.24, 2.45) is 0 Å². The van der Waals surface area contributed by atoms with Crippen LogP contribution in [0.4, 0.5) is 0 Å². The number of aromatic nitrogens is 1. The lowest BCUT2D eigenvalue weighted by atomic mass is 9.82. The summed E-state index contributed by atoms with van der Waals surface area (Å²) in [6.07, 6.45) is 1.45. The molecule has 0 unspecified atom stereocenters. The minimum Gasteiger partial charge on any atom is -0.478 e. The lowest BCUT2D eigenvalue weighted by molar-refractivity contribution is -0.133. The highest BCUT2D eigenvalue weighted by atomic mass is 16.5. The van der Waals surface area contributed by atoms with Crippen LogP contribution in [0.3, 0.4) is 0 Å². The summed E-state index contributed by atoms with van der Waals surface area (Å²) in [5.41, 5.74) is 1.28. The zero-order valence-electron chi connectivity index (χ0n) is 14.7. The molecular weight excluding hydrogens is 324 g/mol. The quantitative estimate of drug-likeness (QED) is 0.816. The zero-order valence-corrected chi connectivity index (χ0v) is 14.7. The van der Waals surface area contributed by atoms with Crippen LogP contribution in [0.5, 0.6) is 0 Å². The molecule has 0 saturated heterocycles. The van der Waals surface area contributed by atoms with Crippen LogP contribution in [0.15, 0.2) is 46.9 Å². The molecule has 7 nitrogen and oxygen atoms in total. The summed E-state index contributed by atoms with van der Waals surface area (Å²) in [4.78, 5) is 29.7. The molecule has 7 heteroatoms. The van der Waals surface area contributed by atoms with E-state index in [2.05, 4.69) is 4.98 Å². The van der Waals surface area contributed by atoms with Gasteiger partial charge in [0.25, 0.3) is 0 Å². The Morgan fingerprint density at radius 1 is 1.16 bits per heavy atom. The predicted molar refractivity (Wildman–Crippen MR) is 90.6 cm³/mol. The van der Waals surface area contributed by atoms with Crippen LogP contribution in [0.25, 0.3) is 0 Å². The van der Waals surface area contributed by atoms with Crippen molar-refractivity contribution in [3.8, 4) is 0 Å². The maximum atomic E-state index is 11.9. The first-order chi connectivity index (χ1) is 11.8. The molecule has 2 heterocycles. The number of carboxylic acid groups (broad SMARTS) is 2. The topological polar surface area (TPSA) is 100.0 Å². The van der Waals surface area contributed by atoms with Crippen LogP contribution >= 0.6 is 0 Å². The molecule has 0 bridgehead atoms. The first-order valence-corrected chi connectivity index (χ1v) is 7.93. The number of allylic oxidation sites excluding steroid dienone is 2. The second kappa shape index (κ2) is 7.48. The molecule has 0 amide bonds. The van der Waals surface area contributed by atoms with Crippen LogP contribution in [-0.4, -0.2) is 44.9 Å². The average Bonchev–Trinajstić information content (AvgIpc) is 2.53. The van der Waals surface area contributed by atoms with Gasteiger partial charge in [0.05, 0.1) is 28.9 Å². The van der Waals surface area contributed by atoms with Gasteiger partial charge in [-0.2, -0.15) is 0 Å². The van der Waals surface area contributed by atoms with E-state index in [1.54, 1.807) is 36.9 Å². The number of hydrogen-bond acceptors (Lipinski definition) is 5. The molecule has 0 spiro atoms. The molecule has 0 aromatic carbocycles. The third-order valence-corrected chi connectivity index (χ3v) is 4.15. The van der Waals surface area contributed by atoms with Gasteiger partial charge in [-0.1, -0.05) is 6.07 Å². The second-order valence-electron chi connectivity index (χ2n) is 6.07. The van der Waals surface area contributed by atoms with Crippen LogP contribution in [0, 0.1) is 0 Å². The van der Waals surface area contributed by atoms with Gasteiger partial charge in [0.1, 0.15) is 6.73 Å². The Morgan fingerprint density at radius 2 is 1.72 bits per heavy atom. The van der Waals surface area contributed by atoms with Crippen LogP contribution in [0.1, 0.15) is 39.3 Å². The third kappa shape index (κ3) is 3.71. The van der Waals surface area contributed by atoms with Gasteiger partial charge in [-0.3, -0.25) is 4.98 Å². The second-order valence-corrected chi connectivity index (χ2v) is 6.07. The van der Waals surface area contributed by atoms with Gasteiger partial charge in [0.2, 0.25) is 0 Å². The van der Waals surface area contributed by atoms with Crippen molar-refractivity contribution in [2.75, 3.05) is 6.73 Å². The Labute approximate surface area is 146 Å². The van der Waals surface area contributed by atoms with Gasteiger partial charge in [-0.15, -0.1) is 0 Å². The van der Waals surface area contributed by atoms with E-state index in [0.29, 0.717) is 17.1 Å². The number of nitrogens with zero attached hydrogens (tertiary/aromatic N) is 2. The van der Waals surface area contributed by atoms with Crippen molar-refractivity contribution in [3.63, 3.8) is 0 Å². The summed E-state index contributed by atoms with van der Waals surface area (Å²) < 4.78 is 5.58. The van der Waals surface area contributed by atoms with E-state index in [1.807, 2.05) is 13.8 Å². The Bertz CT molecular complexity index is 699. The van der Waals surface area contributed by atoms with Crippen molar-refractivity contribution >= 4 is 11.9 Å². The number of rotatable bonds is 6. The molecule has 2 N–H and O–H groups in total. The molecular formula is C18H22N2O5. The van der Waals surface area contributed by atoms with Crippen molar-refractivity contribution in [1.29, 1.82) is 0 Å². The van der Waals surface area contributed by atoms with Gasteiger partial charge in [-0.05, 0) is 39.8 Å². The summed E-state index contributed by atoms with van der Waals surface area (Å²) >= 11 is 0. The number of carbonyl (C=O) groups is 2. The first-order valence-electron chi connectivity index (χ1n) is 7.93. The molecule has 0 radical (unpaired) electrons. The maximum Gasteiger partial charge on any atom is 0.334 e. The number of ether oxygens (including phenoxy) is 1. The van der Waals surface area contributed by atoms with Crippen LogP contribution in [0.2, 0.25) is 0 Å². The maximum absolute atomic E-state index is 11.9. The SMILES string of the molecule is CC1=C(C(=O)O)C(c2ccccn2)C(C(=O)O)=C(C)N1COC(C)C. The molecule has 1 aromatic rings. The van der Waals surface area contributed by atoms with Crippen molar-refractivity contribution in [2.45, 2.75) is 39.7 Å². The molecule has 1 aliphatic rings. The largest absolute Gasteiger partial charge is 0.478 e. The number of pyridine rings is 1. The third-order valence-electron chi connectivity index (χ3n) is 4.15. The molecule has 2 rings (SSSR count). The van der Waals surface area contributed by atoms with E-state index in [1.165, 1.54) is 6.20 Å². The van der Waals surface area contributed by atoms with E-state index in [9.17, 15) is 19.8 Å². The molecule has 1 aliphatic heterocycles. The van der Waals surface area contributed by atoms with Crippen molar-refractivity contribution < 1.29 is 24.5 Å². The smallest absolute Gasteiger partial charge is 0.334 e. The Kier molecular flexibility index (Phi) is 5.58. The molecule has 0 saturated carbocycles. The highest BCUT2D eigenvalue weighted by Gasteiger charge is 2.40. The molecule has 25 heavy (non-hydrogen) atoms. The summed E-state index contributed by atoms with van der Waals surface area (Å²) in [7, 11) is 0. The minimum atomic E-state index is -1.17. The minimum absolute atomic E-state index is 0.00550. The van der Waals surface area contributed by atoms with Crippen LogP contribution in [-0.2, 0) is 14.3 Å². The van der Waals surface area contributed by atoms with Gasteiger partial charge >= 0.3 is 11.9 Å². The summed E-state index contributed by atoms with van der Waals surface area (Å²) in [5, 5.41) is 19.5. The summed E-state index contributed by atoms with van der Waals surface area (Å²) in [6, 6.07) is 5.04. The number of carboxylic acids is 2. The van der Waals surface area contributed by atoms with Gasteiger partial charge in [0, 0.05) is 17.6 Å². The molecule has 134 valence electrons. The highest BCUT2D eigenvalue weighted by Crippen LogP contribution is 2.41. The van der Waals surface area contributed by atoms with E-state index in [-0.39, 0.29) is 24.0 Å². The number of aliphatic carboxylic acids is 2. The molecule has 0 atom stereocenters. The fourth-order valence-electron chi connectivity index (χ4n) is 2.92. The Hall–Kier alpha value is -2.67. The molecule has 0 fully saturated rings. The monoisotopic (exact) mass is 346 g/mol. The fraction of sp³-hybridized carbons (Fsp3) is 0.389. The normalized spacial score (nSPS) is 16.0. The summed E-state index contributed by atoms with van der Waals surface area (Å²) in [6.45, 7) is 7.11. The lowest BCUT2D eigenvalue weighted by Crippen LogP contribution is -2.36. The lowest BCUT2D eigenvalue weighted by Gasteiger charge is -2.36. The average molecular weight is 346 g/mol. The highest BCUT2D eigenvalue weighted by molar-refractivity contribution is 5.98. The van der Waals surface area contributed by atoms with E-state index in [4.69, 9.17) is 4.74 Å². The van der Waals surface area contributed by atoms with Crippen LogP contribution < -0.4 is 0 Å². The van der Waals surface area contributed by atoms with Gasteiger partial charge in [0.15, 0.2) is 0 Å². The fourth-order valence-corrected chi connectivity index (χ4v) is 2.92. The zero-order chi connectivity index (χ0) is 18.7.